The lowest BCUT2D eigenvalue weighted by atomic mass is 10.2. The fraction of sp³-hybridized carbons (Fsp3) is 0.355. The van der Waals surface area contributed by atoms with Crippen molar-refractivity contribution in [2.45, 2.75) is 61.0 Å². The number of hydrogen-bond donors (Lipinski definition) is 7. The molecule has 0 saturated carbocycles. The van der Waals surface area contributed by atoms with Crippen LogP contribution >= 0.6 is 58.1 Å². The van der Waals surface area contributed by atoms with Crippen molar-refractivity contribution in [3.8, 4) is 6.01 Å². The molecule has 7 N–H and O–H groups in total. The van der Waals surface area contributed by atoms with Gasteiger partial charge in [0, 0.05) is 58.7 Å². The largest absolute Gasteiger partial charge is 0.361 e. The summed E-state index contributed by atoms with van der Waals surface area (Å²) in [5.41, 5.74) is 11.6. The van der Waals surface area contributed by atoms with Crippen LogP contribution in [0.2, 0.25) is 0 Å². The Morgan fingerprint density at radius 1 is 0.825 bits per heavy atom. The van der Waals surface area contributed by atoms with E-state index >= 15 is 0 Å². The molecule has 5 rings (SSSR count). The molecule has 3 aromatic heterocycles. The van der Waals surface area contributed by atoms with Crippen LogP contribution in [0, 0.1) is 6.92 Å². The number of hydrogen-bond acceptors (Lipinski definition) is 19. The maximum absolute atomic E-state index is 11.6. The number of amides is 4. The molecule has 4 amide bonds. The molecule has 0 spiro atoms. The van der Waals surface area contributed by atoms with Crippen LogP contribution in [0.25, 0.3) is 0 Å². The third kappa shape index (κ3) is 21.1. The molecule has 5 aromatic rings. The van der Waals surface area contributed by atoms with E-state index in [0.717, 1.165) is 64.3 Å². The zero-order valence-corrected chi connectivity index (χ0v) is 37.1. The summed E-state index contributed by atoms with van der Waals surface area (Å²) in [6.07, 6.45) is 5.27. The van der Waals surface area contributed by atoms with Crippen LogP contribution in [-0.2, 0) is 26.9 Å². The Balaban J connectivity index is 0.000000247. The first-order valence-electron chi connectivity index (χ1n) is 16.8. The lowest BCUT2D eigenvalue weighted by Gasteiger charge is -2.06. The Morgan fingerprint density at radius 2 is 1.49 bits per heavy atom. The SMILES string of the molecule is CCCCNC(=O)NNc1nc(SCc2cccc(NS(C)(=O)=O)c2)ns1.CCCNC(=O)NNc1nc(OS(C)=O)ns1.Cc1nc(Sc2ccccc2)ns1. The highest BCUT2D eigenvalue weighted by Gasteiger charge is 2.09. The minimum absolute atomic E-state index is 0.00843. The first kappa shape index (κ1) is 47.0. The van der Waals surface area contributed by atoms with Crippen molar-refractivity contribution in [2.24, 2.45) is 0 Å². The molecule has 2 aromatic carbocycles. The fourth-order valence-electron chi connectivity index (χ4n) is 3.65. The summed E-state index contributed by atoms with van der Waals surface area (Å²) in [6, 6.07) is 16.6. The number of aryl methyl sites for hydroxylation is 1. The smallest absolute Gasteiger partial charge is 0.344 e. The molecule has 26 heteroatoms. The molecule has 0 aliphatic carbocycles. The van der Waals surface area contributed by atoms with Crippen molar-refractivity contribution in [3.63, 3.8) is 0 Å². The average Bonchev–Trinajstić information content (AvgIpc) is 3.93. The highest BCUT2D eigenvalue weighted by atomic mass is 32.2. The van der Waals surface area contributed by atoms with Crippen molar-refractivity contribution >= 4 is 107 Å². The number of anilines is 3. The molecule has 0 radical (unpaired) electrons. The standard InChI is InChI=1S/C15H22N6O3S3.C9H8N2S2.C7H13N5O3S2/c1-3-4-8-16-13(22)18-19-14-17-15(20-26-14)25-10-11-6-5-7-12(9-11)21-27(2,23)24;1-7-10-9(11-13-7)12-8-5-3-2-4-6-8;1-3-4-8-5(13)10-11-7-9-6(12-16-7)15-17(2)14/h5-7,9,21H,3-4,8,10H2,1-2H3,(H2,16,18,22)(H,17,19,20);2-6H,1H3;3-4H2,1-2H3,(H2,8,10,13)(H,9,11,12). The Morgan fingerprint density at radius 3 is 2.12 bits per heavy atom. The van der Waals surface area contributed by atoms with Crippen molar-refractivity contribution in [1.29, 1.82) is 0 Å². The predicted molar refractivity (Wildman–Crippen MR) is 230 cm³/mol. The van der Waals surface area contributed by atoms with Gasteiger partial charge in [0.1, 0.15) is 5.01 Å². The van der Waals surface area contributed by atoms with Crippen LogP contribution in [0.1, 0.15) is 43.7 Å². The van der Waals surface area contributed by atoms with Crippen LogP contribution in [-0.4, -0.2) is 78.4 Å². The number of aromatic nitrogens is 6. The number of nitrogens with one attached hydrogen (secondary N) is 7. The molecular formula is C31H43N13O6S7. The zero-order valence-electron chi connectivity index (χ0n) is 31.4. The second-order valence-corrected chi connectivity index (χ2v) is 18.1. The van der Waals surface area contributed by atoms with Gasteiger partial charge < -0.3 is 14.8 Å². The monoisotopic (exact) mass is 917 g/mol. The Kier molecular flexibility index (Phi) is 21.3. The minimum Gasteiger partial charge on any atom is -0.361 e. The van der Waals surface area contributed by atoms with E-state index in [1.807, 2.05) is 38.1 Å². The summed E-state index contributed by atoms with van der Waals surface area (Å²) in [5.74, 6) is 0.584. The van der Waals surface area contributed by atoms with E-state index in [4.69, 9.17) is 4.18 Å². The maximum Gasteiger partial charge on any atom is 0.344 e. The van der Waals surface area contributed by atoms with Gasteiger partial charge in [0.15, 0.2) is 0 Å². The topological polar surface area (TPSA) is 256 Å². The van der Waals surface area contributed by atoms with Crippen molar-refractivity contribution in [1.82, 2.24) is 49.6 Å². The molecule has 0 aliphatic rings. The maximum atomic E-state index is 11.6. The number of rotatable bonds is 18. The molecule has 0 aliphatic heterocycles. The van der Waals surface area contributed by atoms with Crippen LogP contribution in [0.4, 0.5) is 25.5 Å². The fourth-order valence-corrected chi connectivity index (χ4v) is 7.82. The number of hydrazine groups is 2. The number of carbonyl (C=O) groups excluding carboxylic acids is 2. The summed E-state index contributed by atoms with van der Waals surface area (Å²) in [5, 5.41) is 8.57. The van der Waals surface area contributed by atoms with Gasteiger partial charge in [-0.05, 0) is 72.9 Å². The van der Waals surface area contributed by atoms with Gasteiger partial charge in [-0.25, -0.2) is 38.1 Å². The summed E-state index contributed by atoms with van der Waals surface area (Å²) < 4.78 is 52.7. The third-order valence-electron chi connectivity index (χ3n) is 5.98. The van der Waals surface area contributed by atoms with E-state index in [2.05, 4.69) is 84.2 Å². The first-order valence-corrected chi connectivity index (χ1v) is 24.3. The van der Waals surface area contributed by atoms with E-state index in [0.29, 0.717) is 39.9 Å². The predicted octanol–water partition coefficient (Wildman–Crippen LogP) is 5.87. The first-order chi connectivity index (χ1) is 27.3. The summed E-state index contributed by atoms with van der Waals surface area (Å²) in [6.45, 7) is 7.18. The molecule has 3 heterocycles. The van der Waals surface area contributed by atoms with Gasteiger partial charge in [0.2, 0.25) is 41.7 Å². The lowest BCUT2D eigenvalue weighted by Crippen LogP contribution is -2.39. The molecule has 57 heavy (non-hydrogen) atoms. The highest BCUT2D eigenvalue weighted by Crippen LogP contribution is 2.26. The van der Waals surface area contributed by atoms with E-state index in [1.165, 1.54) is 34.4 Å². The molecule has 1 atom stereocenters. The van der Waals surface area contributed by atoms with Gasteiger partial charge in [-0.2, -0.15) is 18.7 Å². The van der Waals surface area contributed by atoms with Gasteiger partial charge in [-0.1, -0.05) is 62.4 Å². The van der Waals surface area contributed by atoms with Gasteiger partial charge in [-0.15, -0.1) is 4.37 Å². The zero-order chi connectivity index (χ0) is 41.5. The van der Waals surface area contributed by atoms with Gasteiger partial charge in [-0.3, -0.25) is 15.6 Å². The van der Waals surface area contributed by atoms with Crippen LogP contribution in [0.3, 0.4) is 0 Å². The van der Waals surface area contributed by atoms with E-state index in [1.54, 1.807) is 30.0 Å². The van der Waals surface area contributed by atoms with Gasteiger partial charge >= 0.3 is 18.1 Å². The number of unbranched alkanes of at least 4 members (excludes halogenated alkanes) is 1. The normalized spacial score (nSPS) is 11.0. The number of sulfonamides is 1. The summed E-state index contributed by atoms with van der Waals surface area (Å²) >= 11 is 5.11. The average molecular weight is 918 g/mol. The van der Waals surface area contributed by atoms with Gasteiger partial charge in [0.25, 0.3) is 0 Å². The Bertz CT molecular complexity index is 2090. The van der Waals surface area contributed by atoms with E-state index in [9.17, 15) is 22.2 Å². The summed E-state index contributed by atoms with van der Waals surface area (Å²) in [4.78, 5) is 36.3. The molecular weight excluding hydrogens is 875 g/mol. The van der Waals surface area contributed by atoms with Crippen LogP contribution in [0.15, 0.2) is 69.8 Å². The van der Waals surface area contributed by atoms with E-state index in [-0.39, 0.29) is 18.1 Å². The number of benzene rings is 2. The second-order valence-electron chi connectivity index (χ2n) is 11.0. The van der Waals surface area contributed by atoms with Crippen molar-refractivity contribution in [2.75, 3.05) is 41.2 Å². The number of carbonyl (C=O) groups is 2. The van der Waals surface area contributed by atoms with Crippen molar-refractivity contribution < 1.29 is 26.4 Å². The molecule has 0 saturated heterocycles. The lowest BCUT2D eigenvalue weighted by molar-refractivity contribution is 0.242. The Labute approximate surface area is 354 Å². The van der Waals surface area contributed by atoms with Crippen LogP contribution in [0.5, 0.6) is 6.01 Å². The van der Waals surface area contributed by atoms with Crippen LogP contribution < -0.4 is 41.2 Å². The third-order valence-corrected chi connectivity index (χ3v) is 10.9. The minimum atomic E-state index is -3.31. The number of urea groups is 2. The molecule has 0 bridgehead atoms. The van der Waals surface area contributed by atoms with E-state index < -0.39 is 21.1 Å². The highest BCUT2D eigenvalue weighted by molar-refractivity contribution is 7.99. The summed E-state index contributed by atoms with van der Waals surface area (Å²) in [7, 11) is -3.31. The van der Waals surface area contributed by atoms with Gasteiger partial charge in [0.05, 0.1) is 6.26 Å². The van der Waals surface area contributed by atoms with Crippen molar-refractivity contribution in [3.05, 3.63) is 65.2 Å². The quantitative estimate of drug-likeness (QED) is 0.0308. The second kappa shape index (κ2) is 25.8. The Hall–Kier alpha value is -4.34. The number of thioether (sulfide) groups is 1. The molecule has 19 nitrogen and oxygen atoms in total. The number of nitrogens with zero attached hydrogens (tertiary/aromatic N) is 6. The molecule has 0 fully saturated rings. The molecule has 1 unspecified atom stereocenters. The molecule has 310 valence electrons.